The van der Waals surface area contributed by atoms with Gasteiger partial charge in [0, 0.05) is 28.0 Å². The Hall–Kier alpha value is -4.47. The SMILES string of the molecule is Clc1cc(-c2ccccc2)nc(-c2cc3ccccc3cc2-n2c3ccccc3c3ccccc32)n1. The lowest BCUT2D eigenvalue weighted by atomic mass is 10.0. The summed E-state index contributed by atoms with van der Waals surface area (Å²) in [5, 5.41) is 5.12. The molecule has 0 aliphatic carbocycles. The minimum absolute atomic E-state index is 0.417. The average molecular weight is 482 g/mol. The van der Waals surface area contributed by atoms with Crippen molar-refractivity contribution in [3.63, 3.8) is 0 Å². The lowest BCUT2D eigenvalue weighted by Crippen LogP contribution is -2.01. The van der Waals surface area contributed by atoms with Gasteiger partial charge < -0.3 is 4.57 Å². The predicted octanol–water partition coefficient (Wildman–Crippen LogP) is 8.71. The van der Waals surface area contributed by atoms with Crippen LogP contribution in [-0.4, -0.2) is 14.5 Å². The molecule has 0 N–H and O–H groups in total. The molecule has 0 unspecified atom stereocenters. The minimum Gasteiger partial charge on any atom is -0.308 e. The highest BCUT2D eigenvalue weighted by molar-refractivity contribution is 6.29. The van der Waals surface area contributed by atoms with Crippen LogP contribution in [0.5, 0.6) is 0 Å². The van der Waals surface area contributed by atoms with Crippen LogP contribution >= 0.6 is 11.6 Å². The molecule has 170 valence electrons. The third-order valence-electron chi connectivity index (χ3n) is 6.69. The molecule has 0 aliphatic heterocycles. The Bertz CT molecular complexity index is 1850. The number of aromatic nitrogens is 3. The summed E-state index contributed by atoms with van der Waals surface area (Å²) < 4.78 is 2.32. The summed E-state index contributed by atoms with van der Waals surface area (Å²) in [5.74, 6) is 0.601. The van der Waals surface area contributed by atoms with Crippen LogP contribution in [0.4, 0.5) is 0 Å². The molecule has 0 aliphatic rings. The van der Waals surface area contributed by atoms with E-state index in [1.54, 1.807) is 0 Å². The summed E-state index contributed by atoms with van der Waals surface area (Å²) in [5.41, 5.74) is 6.03. The fourth-order valence-corrected chi connectivity index (χ4v) is 5.25. The first-order valence-electron chi connectivity index (χ1n) is 11.9. The van der Waals surface area contributed by atoms with E-state index in [0.717, 1.165) is 44.3 Å². The fraction of sp³-hybridized carbons (Fsp3) is 0. The van der Waals surface area contributed by atoms with E-state index in [-0.39, 0.29) is 0 Å². The number of halogens is 1. The molecule has 0 saturated heterocycles. The molecule has 0 radical (unpaired) electrons. The molecule has 2 aromatic heterocycles. The zero-order chi connectivity index (χ0) is 24.1. The van der Waals surface area contributed by atoms with Crippen LogP contribution < -0.4 is 0 Å². The van der Waals surface area contributed by atoms with Gasteiger partial charge in [-0.3, -0.25) is 0 Å². The Morgan fingerprint density at radius 3 is 1.83 bits per heavy atom. The second-order valence-corrected chi connectivity index (χ2v) is 9.24. The molecule has 7 rings (SSSR count). The van der Waals surface area contributed by atoms with E-state index >= 15 is 0 Å². The Morgan fingerprint density at radius 1 is 0.556 bits per heavy atom. The maximum Gasteiger partial charge on any atom is 0.163 e. The number of para-hydroxylation sites is 2. The van der Waals surface area contributed by atoms with Crippen molar-refractivity contribution in [2.24, 2.45) is 0 Å². The molecule has 4 heteroatoms. The van der Waals surface area contributed by atoms with Crippen molar-refractivity contribution < 1.29 is 0 Å². The number of hydrogen-bond donors (Lipinski definition) is 0. The average Bonchev–Trinajstić information content (AvgIpc) is 3.27. The van der Waals surface area contributed by atoms with E-state index in [1.807, 2.05) is 36.4 Å². The Kier molecular flexibility index (Phi) is 4.83. The van der Waals surface area contributed by atoms with Gasteiger partial charge in [0.25, 0.3) is 0 Å². The van der Waals surface area contributed by atoms with Crippen molar-refractivity contribution in [2.75, 3.05) is 0 Å². The van der Waals surface area contributed by atoms with E-state index < -0.39 is 0 Å². The number of nitrogens with zero attached hydrogens (tertiary/aromatic N) is 3. The minimum atomic E-state index is 0.417. The lowest BCUT2D eigenvalue weighted by molar-refractivity contribution is 1.14. The molecule has 7 aromatic rings. The van der Waals surface area contributed by atoms with Gasteiger partial charge in [0.2, 0.25) is 0 Å². The Labute approximate surface area is 213 Å². The number of rotatable bonds is 3. The number of benzene rings is 5. The van der Waals surface area contributed by atoms with Gasteiger partial charge in [-0.05, 0) is 35.0 Å². The van der Waals surface area contributed by atoms with Crippen molar-refractivity contribution in [3.8, 4) is 28.3 Å². The lowest BCUT2D eigenvalue weighted by Gasteiger charge is -2.15. The van der Waals surface area contributed by atoms with Gasteiger partial charge >= 0.3 is 0 Å². The number of hydrogen-bond acceptors (Lipinski definition) is 2. The third-order valence-corrected chi connectivity index (χ3v) is 6.88. The molecular formula is C32H20ClN3. The third kappa shape index (κ3) is 3.36. The predicted molar refractivity (Wildman–Crippen MR) is 150 cm³/mol. The maximum atomic E-state index is 6.58. The highest BCUT2D eigenvalue weighted by atomic mass is 35.5. The van der Waals surface area contributed by atoms with E-state index in [1.165, 1.54) is 10.8 Å². The number of fused-ring (bicyclic) bond motifs is 4. The Balaban J connectivity index is 1.59. The normalized spacial score (nSPS) is 11.5. The first kappa shape index (κ1) is 20.9. The van der Waals surface area contributed by atoms with Crippen LogP contribution in [0, 0.1) is 0 Å². The van der Waals surface area contributed by atoms with Gasteiger partial charge in [0.1, 0.15) is 5.15 Å². The quantitative estimate of drug-likeness (QED) is 0.236. The molecule has 0 bridgehead atoms. The van der Waals surface area contributed by atoms with Crippen molar-refractivity contribution in [3.05, 3.63) is 126 Å². The van der Waals surface area contributed by atoms with Gasteiger partial charge in [-0.15, -0.1) is 0 Å². The van der Waals surface area contributed by atoms with Crippen molar-refractivity contribution in [2.45, 2.75) is 0 Å². The molecule has 0 saturated carbocycles. The van der Waals surface area contributed by atoms with E-state index in [0.29, 0.717) is 11.0 Å². The van der Waals surface area contributed by atoms with Crippen molar-refractivity contribution in [1.82, 2.24) is 14.5 Å². The summed E-state index contributed by atoms with van der Waals surface area (Å²) in [4.78, 5) is 9.71. The monoisotopic (exact) mass is 481 g/mol. The first-order valence-corrected chi connectivity index (χ1v) is 12.3. The highest BCUT2D eigenvalue weighted by Crippen LogP contribution is 2.38. The molecule has 0 fully saturated rings. The molecule has 0 atom stereocenters. The zero-order valence-electron chi connectivity index (χ0n) is 19.3. The van der Waals surface area contributed by atoms with E-state index in [4.69, 9.17) is 21.6 Å². The summed E-state index contributed by atoms with van der Waals surface area (Å²) >= 11 is 6.58. The second-order valence-electron chi connectivity index (χ2n) is 8.85. The van der Waals surface area contributed by atoms with Crippen molar-refractivity contribution >= 4 is 44.2 Å². The highest BCUT2D eigenvalue weighted by Gasteiger charge is 2.18. The fourth-order valence-electron chi connectivity index (χ4n) is 5.07. The van der Waals surface area contributed by atoms with Gasteiger partial charge in [-0.25, -0.2) is 9.97 Å². The summed E-state index contributed by atoms with van der Waals surface area (Å²) in [6, 6.07) is 41.7. The van der Waals surface area contributed by atoms with Crippen LogP contribution in [0.15, 0.2) is 121 Å². The molecule has 2 heterocycles. The molecular weight excluding hydrogens is 462 g/mol. The van der Waals surface area contributed by atoms with Crippen molar-refractivity contribution in [1.29, 1.82) is 0 Å². The van der Waals surface area contributed by atoms with Crippen LogP contribution in [0.3, 0.4) is 0 Å². The molecule has 5 aromatic carbocycles. The standard InChI is InChI=1S/C32H20ClN3/c33-31-20-27(21-10-2-1-3-11-21)34-32(35-31)26-18-22-12-4-5-13-23(22)19-30(26)36-28-16-8-6-14-24(28)25-15-7-9-17-29(25)36/h1-20H. The molecule has 0 amide bonds. The Morgan fingerprint density at radius 2 is 1.14 bits per heavy atom. The second kappa shape index (κ2) is 8.33. The van der Waals surface area contributed by atoms with E-state index in [2.05, 4.69) is 89.5 Å². The van der Waals surface area contributed by atoms with Crippen LogP contribution in [-0.2, 0) is 0 Å². The zero-order valence-corrected chi connectivity index (χ0v) is 20.0. The summed E-state index contributed by atoms with van der Waals surface area (Å²) in [6.07, 6.45) is 0. The maximum absolute atomic E-state index is 6.58. The summed E-state index contributed by atoms with van der Waals surface area (Å²) in [6.45, 7) is 0. The van der Waals surface area contributed by atoms with Gasteiger partial charge in [0.15, 0.2) is 5.82 Å². The van der Waals surface area contributed by atoms with Crippen LogP contribution in [0.25, 0.3) is 60.9 Å². The first-order chi connectivity index (χ1) is 17.8. The summed E-state index contributed by atoms with van der Waals surface area (Å²) in [7, 11) is 0. The van der Waals surface area contributed by atoms with Gasteiger partial charge in [0.05, 0.1) is 22.4 Å². The molecule has 36 heavy (non-hydrogen) atoms. The van der Waals surface area contributed by atoms with Crippen LogP contribution in [0.1, 0.15) is 0 Å². The van der Waals surface area contributed by atoms with Gasteiger partial charge in [-0.1, -0.05) is 103 Å². The van der Waals surface area contributed by atoms with Crippen LogP contribution in [0.2, 0.25) is 5.15 Å². The molecule has 0 spiro atoms. The van der Waals surface area contributed by atoms with E-state index in [9.17, 15) is 0 Å². The molecule has 3 nitrogen and oxygen atoms in total. The largest absolute Gasteiger partial charge is 0.308 e. The van der Waals surface area contributed by atoms with Gasteiger partial charge in [-0.2, -0.15) is 0 Å². The smallest absolute Gasteiger partial charge is 0.163 e. The topological polar surface area (TPSA) is 30.7 Å².